The molecule has 0 atom stereocenters. The van der Waals surface area contributed by atoms with Crippen molar-refractivity contribution < 1.29 is 4.39 Å². The predicted octanol–water partition coefficient (Wildman–Crippen LogP) is 4.21. The highest BCUT2D eigenvalue weighted by molar-refractivity contribution is 5.65. The number of hydrogen-bond acceptors (Lipinski definition) is 5. The van der Waals surface area contributed by atoms with Gasteiger partial charge in [-0.25, -0.2) is 9.37 Å². The first-order valence-corrected chi connectivity index (χ1v) is 9.78. The molecule has 0 aliphatic carbocycles. The molecule has 2 heterocycles. The van der Waals surface area contributed by atoms with Crippen molar-refractivity contribution in [3.05, 3.63) is 79.1 Å². The molecule has 1 aliphatic heterocycles. The number of rotatable bonds is 6. The largest absolute Gasteiger partial charge is 0.366 e. The molecule has 0 radical (unpaired) electrons. The van der Waals surface area contributed by atoms with Crippen LogP contribution in [0, 0.1) is 5.82 Å². The number of hydrogen-bond donors (Lipinski definition) is 1. The minimum atomic E-state index is -0.176. The second-order valence-corrected chi connectivity index (χ2v) is 6.90. The highest BCUT2D eigenvalue weighted by atomic mass is 19.1. The molecule has 0 unspecified atom stereocenters. The van der Waals surface area contributed by atoms with Crippen LogP contribution in [0.15, 0.2) is 73.3 Å². The number of benzene rings is 2. The van der Waals surface area contributed by atoms with Crippen LogP contribution in [0.4, 0.5) is 21.8 Å². The molecule has 148 valence electrons. The Morgan fingerprint density at radius 1 is 0.931 bits per heavy atom. The lowest BCUT2D eigenvalue weighted by atomic mass is 10.1. The van der Waals surface area contributed by atoms with Crippen molar-refractivity contribution in [1.29, 1.82) is 0 Å². The summed E-state index contributed by atoms with van der Waals surface area (Å²) in [6.07, 6.45) is 1.78. The Morgan fingerprint density at radius 2 is 1.62 bits per heavy atom. The summed E-state index contributed by atoms with van der Waals surface area (Å²) in [4.78, 5) is 13.7. The van der Waals surface area contributed by atoms with Gasteiger partial charge in [0, 0.05) is 44.4 Å². The van der Waals surface area contributed by atoms with E-state index in [0.29, 0.717) is 18.2 Å². The first-order chi connectivity index (χ1) is 14.2. The van der Waals surface area contributed by atoms with E-state index in [4.69, 9.17) is 4.98 Å². The van der Waals surface area contributed by atoms with Crippen molar-refractivity contribution in [3.63, 3.8) is 0 Å². The SMILES string of the molecule is C=CCNc1nc(-c2ccccc2)cc(N2CCN(c3ccccc3F)CC2)n1. The summed E-state index contributed by atoms with van der Waals surface area (Å²) >= 11 is 0. The van der Waals surface area contributed by atoms with Crippen LogP contribution in [0.3, 0.4) is 0 Å². The first kappa shape index (κ1) is 18.9. The number of anilines is 3. The summed E-state index contributed by atoms with van der Waals surface area (Å²) in [6, 6.07) is 19.0. The van der Waals surface area contributed by atoms with Crippen LogP contribution in [0.5, 0.6) is 0 Å². The Kier molecular flexibility index (Phi) is 5.70. The zero-order valence-corrected chi connectivity index (χ0v) is 16.3. The maximum Gasteiger partial charge on any atom is 0.225 e. The summed E-state index contributed by atoms with van der Waals surface area (Å²) < 4.78 is 14.1. The summed E-state index contributed by atoms with van der Waals surface area (Å²) in [6.45, 7) is 7.35. The van der Waals surface area contributed by atoms with Gasteiger partial charge in [-0.1, -0.05) is 48.5 Å². The van der Waals surface area contributed by atoms with E-state index < -0.39 is 0 Å². The third-order valence-electron chi connectivity index (χ3n) is 4.98. The second kappa shape index (κ2) is 8.73. The third kappa shape index (κ3) is 4.37. The van der Waals surface area contributed by atoms with Crippen LogP contribution in [0.2, 0.25) is 0 Å². The third-order valence-corrected chi connectivity index (χ3v) is 4.98. The van der Waals surface area contributed by atoms with E-state index in [9.17, 15) is 4.39 Å². The second-order valence-electron chi connectivity index (χ2n) is 6.90. The number of para-hydroxylation sites is 1. The molecule has 6 heteroatoms. The lowest BCUT2D eigenvalue weighted by Gasteiger charge is -2.37. The standard InChI is InChI=1S/C23H24FN5/c1-2-12-25-23-26-20(18-8-4-3-5-9-18)17-22(27-23)29-15-13-28(14-16-29)21-11-7-6-10-19(21)24/h2-11,17H,1,12-16H2,(H,25,26,27). The van der Waals surface area contributed by atoms with Gasteiger partial charge in [0.1, 0.15) is 11.6 Å². The van der Waals surface area contributed by atoms with E-state index in [1.807, 2.05) is 48.5 Å². The van der Waals surface area contributed by atoms with Gasteiger partial charge in [-0.3, -0.25) is 0 Å². The van der Waals surface area contributed by atoms with Crippen molar-refractivity contribution in [1.82, 2.24) is 9.97 Å². The monoisotopic (exact) mass is 389 g/mol. The molecule has 1 saturated heterocycles. The molecule has 1 aliphatic rings. The Balaban J connectivity index is 1.56. The number of aromatic nitrogens is 2. The normalized spacial score (nSPS) is 14.0. The molecule has 2 aromatic carbocycles. The zero-order chi connectivity index (χ0) is 20.1. The van der Waals surface area contributed by atoms with Crippen LogP contribution in [0.1, 0.15) is 0 Å². The molecule has 5 nitrogen and oxygen atoms in total. The van der Waals surface area contributed by atoms with Crippen LogP contribution in [-0.4, -0.2) is 42.7 Å². The Bertz CT molecular complexity index is 968. The molecule has 1 fully saturated rings. The molecule has 29 heavy (non-hydrogen) atoms. The van der Waals surface area contributed by atoms with E-state index in [1.165, 1.54) is 6.07 Å². The molecule has 0 amide bonds. The quantitative estimate of drug-likeness (QED) is 0.640. The maximum atomic E-state index is 14.1. The molecule has 1 N–H and O–H groups in total. The Morgan fingerprint density at radius 3 is 2.34 bits per heavy atom. The fraction of sp³-hybridized carbons (Fsp3) is 0.217. The van der Waals surface area contributed by atoms with Crippen molar-refractivity contribution in [3.8, 4) is 11.3 Å². The van der Waals surface area contributed by atoms with Crippen molar-refractivity contribution in [2.24, 2.45) is 0 Å². The smallest absolute Gasteiger partial charge is 0.225 e. The van der Waals surface area contributed by atoms with Gasteiger partial charge in [0.15, 0.2) is 0 Å². The van der Waals surface area contributed by atoms with Gasteiger partial charge in [0.25, 0.3) is 0 Å². The lowest BCUT2D eigenvalue weighted by molar-refractivity contribution is 0.596. The van der Waals surface area contributed by atoms with E-state index >= 15 is 0 Å². The number of halogens is 1. The maximum absolute atomic E-state index is 14.1. The van der Waals surface area contributed by atoms with Gasteiger partial charge in [-0.2, -0.15) is 4.98 Å². The fourth-order valence-corrected chi connectivity index (χ4v) is 3.48. The Labute approximate surface area is 170 Å². The average Bonchev–Trinajstić information content (AvgIpc) is 2.78. The summed E-state index contributed by atoms with van der Waals surface area (Å²) in [7, 11) is 0. The van der Waals surface area contributed by atoms with Gasteiger partial charge < -0.3 is 15.1 Å². The number of nitrogens with zero attached hydrogens (tertiary/aromatic N) is 4. The highest BCUT2D eigenvalue weighted by Crippen LogP contribution is 2.26. The van der Waals surface area contributed by atoms with Crippen LogP contribution >= 0.6 is 0 Å². The summed E-state index contributed by atoms with van der Waals surface area (Å²) in [5, 5.41) is 3.20. The number of piperazine rings is 1. The van der Waals surface area contributed by atoms with Gasteiger partial charge >= 0.3 is 0 Å². The van der Waals surface area contributed by atoms with E-state index in [-0.39, 0.29) is 5.82 Å². The summed E-state index contributed by atoms with van der Waals surface area (Å²) in [5.41, 5.74) is 2.58. The minimum Gasteiger partial charge on any atom is -0.366 e. The van der Waals surface area contributed by atoms with E-state index in [0.717, 1.165) is 43.3 Å². The van der Waals surface area contributed by atoms with Crippen molar-refractivity contribution >= 4 is 17.5 Å². The zero-order valence-electron chi connectivity index (χ0n) is 16.3. The highest BCUT2D eigenvalue weighted by Gasteiger charge is 2.21. The molecule has 3 aromatic rings. The van der Waals surface area contributed by atoms with Gasteiger partial charge in [0.05, 0.1) is 11.4 Å². The predicted molar refractivity (Wildman–Crippen MR) is 117 cm³/mol. The van der Waals surface area contributed by atoms with Crippen LogP contribution in [0.25, 0.3) is 11.3 Å². The van der Waals surface area contributed by atoms with Crippen molar-refractivity contribution in [2.75, 3.05) is 47.8 Å². The molecule has 0 bridgehead atoms. The van der Waals surface area contributed by atoms with E-state index in [1.54, 1.807) is 12.1 Å². The molecule has 0 spiro atoms. The molecular weight excluding hydrogens is 365 g/mol. The number of nitrogens with one attached hydrogen (secondary N) is 1. The lowest BCUT2D eigenvalue weighted by Crippen LogP contribution is -2.47. The minimum absolute atomic E-state index is 0.176. The Hall–Kier alpha value is -3.41. The van der Waals surface area contributed by atoms with Crippen LogP contribution in [-0.2, 0) is 0 Å². The first-order valence-electron chi connectivity index (χ1n) is 9.78. The van der Waals surface area contributed by atoms with E-state index in [2.05, 4.69) is 26.7 Å². The van der Waals surface area contributed by atoms with Gasteiger partial charge in [-0.15, -0.1) is 6.58 Å². The molecule has 0 saturated carbocycles. The molecule has 4 rings (SSSR count). The summed E-state index contributed by atoms with van der Waals surface area (Å²) in [5.74, 6) is 1.28. The topological polar surface area (TPSA) is 44.3 Å². The average molecular weight is 389 g/mol. The molecule has 1 aromatic heterocycles. The van der Waals surface area contributed by atoms with Gasteiger partial charge in [0.2, 0.25) is 5.95 Å². The van der Waals surface area contributed by atoms with Crippen LogP contribution < -0.4 is 15.1 Å². The fourth-order valence-electron chi connectivity index (χ4n) is 3.48. The molecular formula is C23H24FN5. The van der Waals surface area contributed by atoms with Gasteiger partial charge in [-0.05, 0) is 12.1 Å². The van der Waals surface area contributed by atoms with Crippen molar-refractivity contribution in [2.45, 2.75) is 0 Å².